The molecule has 1 aromatic carbocycles. The Kier molecular flexibility index (Phi) is 4.90. The van der Waals surface area contributed by atoms with Crippen LogP contribution in [0.25, 0.3) is 11.4 Å². The number of hydrogen-bond donors (Lipinski definition) is 2. The number of aromatic nitrogens is 2. The summed E-state index contributed by atoms with van der Waals surface area (Å²) < 4.78 is 4.31. The lowest BCUT2D eigenvalue weighted by Crippen LogP contribution is -2.30. The van der Waals surface area contributed by atoms with Gasteiger partial charge in [-0.3, -0.25) is 0 Å². The Morgan fingerprint density at radius 3 is 2.71 bits per heavy atom. The van der Waals surface area contributed by atoms with Crippen LogP contribution in [0, 0.1) is 12.8 Å². The number of nitrogens with one attached hydrogen (secondary N) is 1. The molecule has 0 saturated carbocycles. The quantitative estimate of drug-likeness (QED) is 0.855. The number of hydrogen-bond acceptors (Lipinski definition) is 5. The van der Waals surface area contributed by atoms with Crippen LogP contribution in [-0.2, 0) is 4.79 Å². The fourth-order valence-corrected chi connectivity index (χ4v) is 2.69. The predicted molar refractivity (Wildman–Crippen MR) is 84.6 cm³/mol. The number of aliphatic carboxylic acids is 1. The summed E-state index contributed by atoms with van der Waals surface area (Å²) in [5.74, 6) is 0.0630. The normalized spacial score (nSPS) is 12.4. The summed E-state index contributed by atoms with van der Waals surface area (Å²) in [4.78, 5) is 15.7. The van der Waals surface area contributed by atoms with E-state index in [0.717, 1.165) is 11.1 Å². The van der Waals surface area contributed by atoms with Crippen LogP contribution in [0.5, 0.6) is 0 Å². The highest BCUT2D eigenvalue weighted by molar-refractivity contribution is 7.09. The molecule has 2 aromatic rings. The van der Waals surface area contributed by atoms with Gasteiger partial charge in [-0.05, 0) is 24.8 Å². The second-order valence-corrected chi connectivity index (χ2v) is 6.15. The highest BCUT2D eigenvalue weighted by Crippen LogP contribution is 2.24. The summed E-state index contributed by atoms with van der Waals surface area (Å²) in [6.07, 6.45) is 0.550. The molecule has 5 nitrogen and oxygen atoms in total. The number of nitrogens with zero attached hydrogens (tertiary/aromatic N) is 2. The maximum Gasteiger partial charge on any atom is 0.326 e. The first-order valence-electron chi connectivity index (χ1n) is 6.86. The van der Waals surface area contributed by atoms with E-state index in [9.17, 15) is 9.90 Å². The second kappa shape index (κ2) is 6.67. The fraction of sp³-hybridized carbons (Fsp3) is 0.400. The van der Waals surface area contributed by atoms with Gasteiger partial charge in [-0.15, -0.1) is 0 Å². The largest absolute Gasteiger partial charge is 0.480 e. The zero-order valence-electron chi connectivity index (χ0n) is 12.3. The number of benzene rings is 1. The summed E-state index contributed by atoms with van der Waals surface area (Å²) in [5.41, 5.74) is 2.07. The van der Waals surface area contributed by atoms with E-state index < -0.39 is 12.0 Å². The van der Waals surface area contributed by atoms with E-state index in [0.29, 0.717) is 23.3 Å². The van der Waals surface area contributed by atoms with E-state index in [-0.39, 0.29) is 0 Å². The van der Waals surface area contributed by atoms with Gasteiger partial charge in [-0.2, -0.15) is 9.36 Å². The van der Waals surface area contributed by atoms with Crippen molar-refractivity contribution in [3.05, 3.63) is 29.8 Å². The molecule has 1 aromatic heterocycles. The molecule has 0 spiro atoms. The molecule has 6 heteroatoms. The number of carbonyl (C=O) groups is 1. The first kappa shape index (κ1) is 15.4. The van der Waals surface area contributed by atoms with Crippen molar-refractivity contribution in [1.29, 1.82) is 0 Å². The van der Waals surface area contributed by atoms with Crippen LogP contribution in [0.15, 0.2) is 24.3 Å². The van der Waals surface area contributed by atoms with Gasteiger partial charge in [0.05, 0.1) is 0 Å². The molecular weight excluding hydrogens is 286 g/mol. The number of carboxylic acid groups (broad SMARTS) is 1. The lowest BCUT2D eigenvalue weighted by Gasteiger charge is -2.15. The molecule has 0 aliphatic rings. The zero-order valence-corrected chi connectivity index (χ0v) is 13.1. The van der Waals surface area contributed by atoms with E-state index in [2.05, 4.69) is 14.7 Å². The Labute approximate surface area is 128 Å². The van der Waals surface area contributed by atoms with Crippen LogP contribution in [0.3, 0.4) is 0 Å². The van der Waals surface area contributed by atoms with Gasteiger partial charge in [0.2, 0.25) is 5.13 Å². The molecule has 112 valence electrons. The Morgan fingerprint density at radius 1 is 1.38 bits per heavy atom. The lowest BCUT2D eigenvalue weighted by molar-refractivity contribution is -0.138. The molecule has 1 heterocycles. The third kappa shape index (κ3) is 4.01. The molecule has 0 unspecified atom stereocenters. The lowest BCUT2D eigenvalue weighted by atomic mass is 10.0. The average Bonchev–Trinajstić information content (AvgIpc) is 2.86. The van der Waals surface area contributed by atoms with Gasteiger partial charge in [-0.1, -0.05) is 38.1 Å². The minimum absolute atomic E-state index is 0.294. The summed E-state index contributed by atoms with van der Waals surface area (Å²) in [5, 5.41) is 12.8. The van der Waals surface area contributed by atoms with E-state index in [1.54, 1.807) is 0 Å². The van der Waals surface area contributed by atoms with E-state index in [1.165, 1.54) is 11.5 Å². The molecule has 1 atom stereocenters. The first-order chi connectivity index (χ1) is 9.97. The summed E-state index contributed by atoms with van der Waals surface area (Å²) >= 11 is 1.19. The highest BCUT2D eigenvalue weighted by atomic mass is 32.1. The van der Waals surface area contributed by atoms with Gasteiger partial charge < -0.3 is 10.4 Å². The fourth-order valence-electron chi connectivity index (χ4n) is 2.06. The number of carboxylic acids is 1. The SMILES string of the molecule is Cc1ccccc1-c1nsc(N[C@@H](CC(C)C)C(=O)O)n1. The molecule has 0 amide bonds. The Balaban J connectivity index is 2.16. The van der Waals surface area contributed by atoms with E-state index in [1.807, 2.05) is 45.0 Å². The van der Waals surface area contributed by atoms with Crippen molar-refractivity contribution in [3.8, 4) is 11.4 Å². The van der Waals surface area contributed by atoms with Crippen molar-refractivity contribution in [2.45, 2.75) is 33.2 Å². The summed E-state index contributed by atoms with van der Waals surface area (Å²) in [7, 11) is 0. The predicted octanol–water partition coefficient (Wildman–Crippen LogP) is 3.42. The molecular formula is C15H19N3O2S. The van der Waals surface area contributed by atoms with Gasteiger partial charge in [0.25, 0.3) is 0 Å². The van der Waals surface area contributed by atoms with Crippen LogP contribution in [-0.4, -0.2) is 26.5 Å². The molecule has 2 rings (SSSR count). The van der Waals surface area contributed by atoms with Gasteiger partial charge in [0.1, 0.15) is 6.04 Å². The van der Waals surface area contributed by atoms with Crippen molar-refractivity contribution in [3.63, 3.8) is 0 Å². The van der Waals surface area contributed by atoms with Crippen molar-refractivity contribution in [1.82, 2.24) is 9.36 Å². The monoisotopic (exact) mass is 305 g/mol. The van der Waals surface area contributed by atoms with Crippen molar-refractivity contribution in [2.24, 2.45) is 5.92 Å². The van der Waals surface area contributed by atoms with Crippen LogP contribution >= 0.6 is 11.5 Å². The topological polar surface area (TPSA) is 75.1 Å². The standard InChI is InChI=1S/C15H19N3O2S/c1-9(2)8-12(14(19)20)16-15-17-13(18-21-15)11-7-5-4-6-10(11)3/h4-7,9,12H,8H2,1-3H3,(H,19,20)(H,16,17,18)/t12-/m0/s1. The number of aryl methyl sites for hydroxylation is 1. The van der Waals surface area contributed by atoms with Crippen molar-refractivity contribution >= 4 is 22.6 Å². The van der Waals surface area contributed by atoms with Gasteiger partial charge in [0, 0.05) is 17.1 Å². The van der Waals surface area contributed by atoms with Crippen LogP contribution < -0.4 is 5.32 Å². The molecule has 0 aliphatic heterocycles. The molecule has 0 aliphatic carbocycles. The van der Waals surface area contributed by atoms with E-state index >= 15 is 0 Å². The van der Waals surface area contributed by atoms with Crippen LogP contribution in [0.4, 0.5) is 5.13 Å². The smallest absolute Gasteiger partial charge is 0.326 e. The Hall–Kier alpha value is -1.95. The summed E-state index contributed by atoms with van der Waals surface area (Å²) in [6, 6.07) is 7.23. The average molecular weight is 305 g/mol. The first-order valence-corrected chi connectivity index (χ1v) is 7.63. The zero-order chi connectivity index (χ0) is 15.4. The van der Waals surface area contributed by atoms with Crippen molar-refractivity contribution in [2.75, 3.05) is 5.32 Å². The summed E-state index contributed by atoms with van der Waals surface area (Å²) in [6.45, 7) is 6.00. The molecule has 2 N–H and O–H groups in total. The van der Waals surface area contributed by atoms with Crippen molar-refractivity contribution < 1.29 is 9.90 Å². The maximum absolute atomic E-state index is 11.3. The van der Waals surface area contributed by atoms with Crippen LogP contribution in [0.2, 0.25) is 0 Å². The molecule has 0 radical (unpaired) electrons. The minimum Gasteiger partial charge on any atom is -0.480 e. The maximum atomic E-state index is 11.3. The second-order valence-electron chi connectivity index (χ2n) is 5.40. The van der Waals surface area contributed by atoms with E-state index in [4.69, 9.17) is 0 Å². The number of rotatable bonds is 6. The third-order valence-corrected chi connectivity index (χ3v) is 3.76. The Morgan fingerprint density at radius 2 is 2.10 bits per heavy atom. The minimum atomic E-state index is -0.864. The van der Waals surface area contributed by atoms with Gasteiger partial charge >= 0.3 is 5.97 Å². The third-order valence-electron chi connectivity index (χ3n) is 3.11. The molecule has 0 bridgehead atoms. The van der Waals surface area contributed by atoms with Gasteiger partial charge in [0.15, 0.2) is 5.82 Å². The molecule has 0 saturated heterocycles. The number of anilines is 1. The Bertz CT molecular complexity index is 625. The van der Waals surface area contributed by atoms with Gasteiger partial charge in [-0.25, -0.2) is 4.79 Å². The highest BCUT2D eigenvalue weighted by Gasteiger charge is 2.20. The molecule has 0 fully saturated rings. The molecule has 21 heavy (non-hydrogen) atoms. The van der Waals surface area contributed by atoms with Crippen LogP contribution in [0.1, 0.15) is 25.8 Å².